The summed E-state index contributed by atoms with van der Waals surface area (Å²) in [6.45, 7) is 0.592. The number of aliphatic hydroxyl groups is 1. The van der Waals surface area contributed by atoms with Gasteiger partial charge in [0.15, 0.2) is 0 Å². The van der Waals surface area contributed by atoms with Crippen molar-refractivity contribution >= 4 is 12.3 Å². The summed E-state index contributed by atoms with van der Waals surface area (Å²) in [6.07, 6.45) is 4.98. The number of carbonyl (C=O) groups is 2. The maximum atomic E-state index is 11.1. The maximum Gasteiger partial charge on any atom is 0.222 e. The molecular formula is C11H20N2O3. The second-order valence-electron chi connectivity index (χ2n) is 4.28. The minimum atomic E-state index is -0.0954. The summed E-state index contributed by atoms with van der Waals surface area (Å²) in [5, 5.41) is 14.2. The molecule has 92 valence electrons. The predicted molar refractivity (Wildman–Crippen MR) is 59.7 cm³/mol. The van der Waals surface area contributed by atoms with Crippen molar-refractivity contribution in [2.24, 2.45) is 5.92 Å². The van der Waals surface area contributed by atoms with Crippen LogP contribution in [-0.2, 0) is 9.59 Å². The SMILES string of the molecule is O=CNC1CCC(CNC(=O)CCO)CC1. The molecular weight excluding hydrogens is 208 g/mol. The van der Waals surface area contributed by atoms with Crippen LogP contribution < -0.4 is 10.6 Å². The van der Waals surface area contributed by atoms with Crippen molar-refractivity contribution in [1.29, 1.82) is 0 Å². The lowest BCUT2D eigenvalue weighted by molar-refractivity contribution is -0.121. The smallest absolute Gasteiger partial charge is 0.222 e. The van der Waals surface area contributed by atoms with Gasteiger partial charge in [-0.1, -0.05) is 0 Å². The van der Waals surface area contributed by atoms with Crippen molar-refractivity contribution in [3.63, 3.8) is 0 Å². The summed E-state index contributed by atoms with van der Waals surface area (Å²) in [4.78, 5) is 21.4. The number of hydrogen-bond acceptors (Lipinski definition) is 3. The topological polar surface area (TPSA) is 78.4 Å². The van der Waals surface area contributed by atoms with Crippen molar-refractivity contribution < 1.29 is 14.7 Å². The molecule has 1 saturated carbocycles. The Balaban J connectivity index is 2.12. The van der Waals surface area contributed by atoms with Crippen LogP contribution in [0.2, 0.25) is 0 Å². The van der Waals surface area contributed by atoms with Crippen molar-refractivity contribution in [2.45, 2.75) is 38.1 Å². The summed E-state index contributed by atoms with van der Waals surface area (Å²) in [7, 11) is 0. The van der Waals surface area contributed by atoms with Gasteiger partial charge in [0.25, 0.3) is 0 Å². The third-order valence-electron chi connectivity index (χ3n) is 3.08. The molecule has 2 amide bonds. The molecule has 0 bridgehead atoms. The van der Waals surface area contributed by atoms with Gasteiger partial charge in [0.2, 0.25) is 12.3 Å². The minimum absolute atomic E-state index is 0.0874. The van der Waals surface area contributed by atoms with Crippen LogP contribution in [0.25, 0.3) is 0 Å². The zero-order valence-electron chi connectivity index (χ0n) is 9.45. The van der Waals surface area contributed by atoms with E-state index in [1.165, 1.54) is 0 Å². The van der Waals surface area contributed by atoms with Gasteiger partial charge in [-0.25, -0.2) is 0 Å². The molecule has 0 aromatic carbocycles. The Morgan fingerprint density at radius 1 is 1.31 bits per heavy atom. The van der Waals surface area contributed by atoms with Crippen LogP contribution in [0.3, 0.4) is 0 Å². The van der Waals surface area contributed by atoms with Crippen molar-refractivity contribution in [3.8, 4) is 0 Å². The van der Waals surface area contributed by atoms with E-state index >= 15 is 0 Å². The van der Waals surface area contributed by atoms with Gasteiger partial charge in [0.1, 0.15) is 0 Å². The molecule has 0 unspecified atom stereocenters. The first-order valence-corrected chi connectivity index (χ1v) is 5.83. The molecule has 1 aliphatic rings. The zero-order chi connectivity index (χ0) is 11.8. The quantitative estimate of drug-likeness (QED) is 0.550. The molecule has 0 atom stereocenters. The molecule has 0 aliphatic heterocycles. The molecule has 0 aromatic rings. The van der Waals surface area contributed by atoms with Gasteiger partial charge in [-0.05, 0) is 31.6 Å². The second kappa shape index (κ2) is 7.22. The lowest BCUT2D eigenvalue weighted by Crippen LogP contribution is -2.36. The maximum absolute atomic E-state index is 11.1. The fourth-order valence-corrected chi connectivity index (χ4v) is 2.08. The second-order valence-corrected chi connectivity index (χ2v) is 4.28. The van der Waals surface area contributed by atoms with Gasteiger partial charge < -0.3 is 15.7 Å². The zero-order valence-corrected chi connectivity index (χ0v) is 9.45. The highest BCUT2D eigenvalue weighted by Crippen LogP contribution is 2.23. The van der Waals surface area contributed by atoms with E-state index in [-0.39, 0.29) is 18.9 Å². The first-order valence-electron chi connectivity index (χ1n) is 5.83. The number of rotatable bonds is 6. The summed E-state index contributed by atoms with van der Waals surface area (Å²) in [5.41, 5.74) is 0. The van der Waals surface area contributed by atoms with Crippen LogP contribution in [0.5, 0.6) is 0 Å². The van der Waals surface area contributed by atoms with E-state index in [0.717, 1.165) is 32.1 Å². The highest BCUT2D eigenvalue weighted by molar-refractivity contribution is 5.75. The Bertz CT molecular complexity index is 225. The number of nitrogens with one attached hydrogen (secondary N) is 2. The Morgan fingerprint density at radius 2 is 2.00 bits per heavy atom. The summed E-state index contributed by atoms with van der Waals surface area (Å²) in [5.74, 6) is 0.419. The van der Waals surface area contributed by atoms with Crippen molar-refractivity contribution in [3.05, 3.63) is 0 Å². The Labute approximate surface area is 95.6 Å². The van der Waals surface area contributed by atoms with Gasteiger partial charge in [-0.15, -0.1) is 0 Å². The molecule has 0 spiro atoms. The van der Waals surface area contributed by atoms with Crippen LogP contribution in [-0.4, -0.2) is 36.6 Å². The molecule has 16 heavy (non-hydrogen) atoms. The molecule has 1 aliphatic carbocycles. The first-order chi connectivity index (χ1) is 7.76. The molecule has 5 heteroatoms. The van der Waals surface area contributed by atoms with Gasteiger partial charge in [0.05, 0.1) is 6.61 Å². The van der Waals surface area contributed by atoms with E-state index < -0.39 is 0 Å². The number of hydrogen-bond donors (Lipinski definition) is 3. The van der Waals surface area contributed by atoms with Crippen LogP contribution in [0.15, 0.2) is 0 Å². The van der Waals surface area contributed by atoms with Crippen LogP contribution in [0.1, 0.15) is 32.1 Å². The minimum Gasteiger partial charge on any atom is -0.396 e. The number of amides is 2. The lowest BCUT2D eigenvalue weighted by atomic mass is 9.86. The first kappa shape index (κ1) is 13.0. The summed E-state index contributed by atoms with van der Waals surface area (Å²) >= 11 is 0. The van der Waals surface area contributed by atoms with Crippen molar-refractivity contribution in [1.82, 2.24) is 10.6 Å². The van der Waals surface area contributed by atoms with Crippen LogP contribution in [0.4, 0.5) is 0 Å². The van der Waals surface area contributed by atoms with Crippen LogP contribution in [0, 0.1) is 5.92 Å². The van der Waals surface area contributed by atoms with Crippen molar-refractivity contribution in [2.75, 3.05) is 13.2 Å². The Kier molecular flexibility index (Phi) is 5.85. The number of carbonyl (C=O) groups excluding carboxylic acids is 2. The Morgan fingerprint density at radius 3 is 2.56 bits per heavy atom. The molecule has 0 heterocycles. The highest BCUT2D eigenvalue weighted by Gasteiger charge is 2.20. The van der Waals surface area contributed by atoms with Gasteiger partial charge in [-0.2, -0.15) is 0 Å². The lowest BCUT2D eigenvalue weighted by Gasteiger charge is -2.28. The normalized spacial score (nSPS) is 24.8. The predicted octanol–water partition coefficient (Wildman–Crippen LogP) is -0.210. The average Bonchev–Trinajstić information content (AvgIpc) is 2.29. The third kappa shape index (κ3) is 4.61. The molecule has 1 rings (SSSR count). The summed E-state index contributed by atoms with van der Waals surface area (Å²) in [6, 6.07) is 0.307. The number of aliphatic hydroxyl groups excluding tert-OH is 1. The molecule has 0 radical (unpaired) electrons. The van der Waals surface area contributed by atoms with E-state index in [9.17, 15) is 9.59 Å². The van der Waals surface area contributed by atoms with E-state index in [2.05, 4.69) is 10.6 Å². The molecule has 3 N–H and O–H groups in total. The van der Waals surface area contributed by atoms with E-state index in [1.54, 1.807) is 0 Å². The van der Waals surface area contributed by atoms with E-state index in [0.29, 0.717) is 18.5 Å². The third-order valence-corrected chi connectivity index (χ3v) is 3.08. The monoisotopic (exact) mass is 228 g/mol. The average molecular weight is 228 g/mol. The Hall–Kier alpha value is -1.10. The molecule has 1 fully saturated rings. The largest absolute Gasteiger partial charge is 0.396 e. The molecule has 0 saturated heterocycles. The summed E-state index contributed by atoms with van der Waals surface area (Å²) < 4.78 is 0. The molecule has 5 nitrogen and oxygen atoms in total. The standard InChI is InChI=1S/C11H20N2O3/c14-6-5-11(16)12-7-9-1-3-10(4-2-9)13-8-15/h8-10,14H,1-7H2,(H,12,16)(H,13,15). The van der Waals surface area contributed by atoms with E-state index in [4.69, 9.17) is 5.11 Å². The van der Waals surface area contributed by atoms with E-state index in [1.807, 2.05) is 0 Å². The van der Waals surface area contributed by atoms with Gasteiger partial charge in [0, 0.05) is 19.0 Å². The fourth-order valence-electron chi connectivity index (χ4n) is 2.08. The van der Waals surface area contributed by atoms with Gasteiger partial charge >= 0.3 is 0 Å². The highest BCUT2D eigenvalue weighted by atomic mass is 16.3. The van der Waals surface area contributed by atoms with Crippen LogP contribution >= 0.6 is 0 Å². The molecule has 0 aromatic heterocycles. The van der Waals surface area contributed by atoms with Gasteiger partial charge in [-0.3, -0.25) is 9.59 Å². The fraction of sp³-hybridized carbons (Fsp3) is 0.818.